The molecule has 0 saturated carbocycles. The Morgan fingerprint density at radius 1 is 1.50 bits per heavy atom. The van der Waals surface area contributed by atoms with E-state index in [1.807, 2.05) is 6.92 Å². The Labute approximate surface area is 117 Å². The Hall–Kier alpha value is -2.17. The molecule has 4 nitrogen and oxygen atoms in total. The highest BCUT2D eigenvalue weighted by Gasteiger charge is 2.35. The van der Waals surface area contributed by atoms with Crippen molar-refractivity contribution in [2.75, 3.05) is 6.54 Å². The maximum Gasteiger partial charge on any atom is 0.245 e. The molecule has 0 radical (unpaired) electrons. The Morgan fingerprint density at radius 2 is 2.15 bits per heavy atom. The molecule has 20 heavy (non-hydrogen) atoms. The Balaban J connectivity index is 2.06. The van der Waals surface area contributed by atoms with Gasteiger partial charge in [0.15, 0.2) is 0 Å². The van der Waals surface area contributed by atoms with Gasteiger partial charge in [0.05, 0.1) is 6.04 Å². The highest BCUT2D eigenvalue weighted by Crippen LogP contribution is 2.25. The summed E-state index contributed by atoms with van der Waals surface area (Å²) in [6.45, 7) is 5.83. The summed E-state index contributed by atoms with van der Waals surface area (Å²) in [5.41, 5.74) is 0.871. The number of likely N-dealkylation sites (tertiary alicyclic amines) is 1. The molecule has 1 saturated heterocycles. The van der Waals surface area contributed by atoms with E-state index in [9.17, 15) is 14.0 Å². The van der Waals surface area contributed by atoms with Gasteiger partial charge in [-0.05, 0) is 37.1 Å². The number of halogens is 1. The first-order chi connectivity index (χ1) is 9.52. The second kappa shape index (κ2) is 5.86. The first kappa shape index (κ1) is 14.2. The van der Waals surface area contributed by atoms with E-state index in [2.05, 4.69) is 11.9 Å². The molecule has 1 N–H and O–H groups in total. The summed E-state index contributed by atoms with van der Waals surface area (Å²) >= 11 is 0. The van der Waals surface area contributed by atoms with Crippen LogP contribution in [0.4, 0.5) is 4.39 Å². The minimum atomic E-state index is -0.497. The van der Waals surface area contributed by atoms with Gasteiger partial charge in [-0.3, -0.25) is 9.59 Å². The monoisotopic (exact) mass is 276 g/mol. The fourth-order valence-corrected chi connectivity index (χ4v) is 2.37. The zero-order valence-corrected chi connectivity index (χ0v) is 11.3. The van der Waals surface area contributed by atoms with Crippen LogP contribution in [0.5, 0.6) is 0 Å². The van der Waals surface area contributed by atoms with E-state index >= 15 is 0 Å². The molecule has 1 aliphatic heterocycles. The minimum absolute atomic E-state index is 0.114. The summed E-state index contributed by atoms with van der Waals surface area (Å²) in [5.74, 6) is -0.763. The molecule has 1 aromatic rings. The van der Waals surface area contributed by atoms with Gasteiger partial charge in [-0.2, -0.15) is 0 Å². The third-order valence-corrected chi connectivity index (χ3v) is 3.56. The van der Waals surface area contributed by atoms with Gasteiger partial charge in [0.1, 0.15) is 11.9 Å². The molecule has 5 heteroatoms. The number of amides is 2. The third-order valence-electron chi connectivity index (χ3n) is 3.56. The molecule has 0 aromatic heterocycles. The van der Waals surface area contributed by atoms with Gasteiger partial charge in [0.2, 0.25) is 11.8 Å². The number of hydrogen-bond donors (Lipinski definition) is 1. The van der Waals surface area contributed by atoms with E-state index in [0.29, 0.717) is 13.0 Å². The number of rotatable bonds is 4. The normalized spacial score (nSPS) is 19.8. The quantitative estimate of drug-likeness (QED) is 0.852. The number of carbonyl (C=O) groups excluding carboxylic acids is 2. The number of nitrogens with one attached hydrogen (secondary N) is 1. The van der Waals surface area contributed by atoms with Crippen molar-refractivity contribution >= 4 is 11.8 Å². The minimum Gasteiger partial charge on any atom is -0.341 e. The SMILES string of the molecule is C=CC(=O)NC1CCN(C(C)c2ccc(F)cc2)C1=O. The molecule has 2 atom stereocenters. The molecule has 1 aromatic carbocycles. The van der Waals surface area contributed by atoms with Crippen LogP contribution in [-0.4, -0.2) is 29.3 Å². The first-order valence-corrected chi connectivity index (χ1v) is 6.52. The van der Waals surface area contributed by atoms with Gasteiger partial charge >= 0.3 is 0 Å². The van der Waals surface area contributed by atoms with Crippen LogP contribution in [0.1, 0.15) is 24.9 Å². The van der Waals surface area contributed by atoms with E-state index in [-0.39, 0.29) is 23.7 Å². The average molecular weight is 276 g/mol. The predicted octanol–water partition coefficient (Wildman–Crippen LogP) is 1.79. The molecule has 1 aliphatic rings. The number of nitrogens with zero attached hydrogens (tertiary/aromatic N) is 1. The molecule has 106 valence electrons. The number of benzene rings is 1. The summed E-state index contributed by atoms with van der Waals surface area (Å²) in [6.07, 6.45) is 1.73. The smallest absolute Gasteiger partial charge is 0.245 e. The van der Waals surface area contributed by atoms with Crippen molar-refractivity contribution in [3.8, 4) is 0 Å². The zero-order chi connectivity index (χ0) is 14.7. The molecule has 1 heterocycles. The summed E-state index contributed by atoms with van der Waals surface area (Å²) in [4.78, 5) is 25.2. The highest BCUT2D eigenvalue weighted by molar-refractivity contribution is 5.93. The second-order valence-electron chi connectivity index (χ2n) is 4.81. The summed E-state index contributed by atoms with van der Waals surface area (Å²) in [5, 5.41) is 2.62. The van der Waals surface area contributed by atoms with E-state index in [4.69, 9.17) is 0 Å². The maximum absolute atomic E-state index is 12.9. The third kappa shape index (κ3) is 2.87. The lowest BCUT2D eigenvalue weighted by Gasteiger charge is -2.25. The van der Waals surface area contributed by atoms with Crippen LogP contribution < -0.4 is 5.32 Å². The molecule has 2 amide bonds. The van der Waals surface area contributed by atoms with Crippen LogP contribution >= 0.6 is 0 Å². The molecule has 0 bridgehead atoms. The van der Waals surface area contributed by atoms with Gasteiger partial charge in [-0.1, -0.05) is 18.7 Å². The maximum atomic E-state index is 12.9. The second-order valence-corrected chi connectivity index (χ2v) is 4.81. The lowest BCUT2D eigenvalue weighted by molar-refractivity contribution is -0.133. The standard InChI is InChI=1S/C15H17FN2O2/c1-3-14(19)17-13-8-9-18(15(13)20)10(2)11-4-6-12(16)7-5-11/h3-7,10,13H,1,8-9H2,2H3,(H,17,19). The Kier molecular flexibility index (Phi) is 4.17. The van der Waals surface area contributed by atoms with Crippen molar-refractivity contribution in [1.82, 2.24) is 10.2 Å². The van der Waals surface area contributed by atoms with E-state index in [0.717, 1.165) is 11.6 Å². The first-order valence-electron chi connectivity index (χ1n) is 6.52. The lowest BCUT2D eigenvalue weighted by atomic mass is 10.1. The average Bonchev–Trinajstić information content (AvgIpc) is 2.80. The van der Waals surface area contributed by atoms with Gasteiger partial charge < -0.3 is 10.2 Å². The van der Waals surface area contributed by atoms with Crippen LogP contribution in [0, 0.1) is 5.82 Å². The van der Waals surface area contributed by atoms with E-state index in [1.54, 1.807) is 17.0 Å². The molecule has 2 unspecified atom stereocenters. The van der Waals surface area contributed by atoms with E-state index < -0.39 is 6.04 Å². The predicted molar refractivity (Wildman–Crippen MR) is 73.3 cm³/mol. The fourth-order valence-electron chi connectivity index (χ4n) is 2.37. The molecule has 1 fully saturated rings. The molecule has 2 rings (SSSR count). The molecule has 0 aliphatic carbocycles. The topological polar surface area (TPSA) is 49.4 Å². The van der Waals surface area contributed by atoms with Crippen LogP contribution in [0.2, 0.25) is 0 Å². The highest BCUT2D eigenvalue weighted by atomic mass is 19.1. The number of hydrogen-bond acceptors (Lipinski definition) is 2. The van der Waals surface area contributed by atoms with Crippen molar-refractivity contribution in [3.05, 3.63) is 48.3 Å². The Bertz CT molecular complexity index is 527. The molecular formula is C15H17FN2O2. The van der Waals surface area contributed by atoms with Gasteiger partial charge in [0.25, 0.3) is 0 Å². The van der Waals surface area contributed by atoms with Gasteiger partial charge in [-0.15, -0.1) is 0 Å². The Morgan fingerprint density at radius 3 is 2.75 bits per heavy atom. The van der Waals surface area contributed by atoms with Gasteiger partial charge in [-0.25, -0.2) is 4.39 Å². The van der Waals surface area contributed by atoms with Crippen LogP contribution in [0.3, 0.4) is 0 Å². The van der Waals surface area contributed by atoms with Gasteiger partial charge in [0, 0.05) is 6.54 Å². The van der Waals surface area contributed by atoms with Crippen LogP contribution in [-0.2, 0) is 9.59 Å². The zero-order valence-electron chi connectivity index (χ0n) is 11.3. The van der Waals surface area contributed by atoms with Crippen molar-refractivity contribution in [2.24, 2.45) is 0 Å². The fraction of sp³-hybridized carbons (Fsp3) is 0.333. The van der Waals surface area contributed by atoms with E-state index in [1.165, 1.54) is 12.1 Å². The lowest BCUT2D eigenvalue weighted by Crippen LogP contribution is -2.41. The van der Waals surface area contributed by atoms with Crippen molar-refractivity contribution in [2.45, 2.75) is 25.4 Å². The van der Waals surface area contributed by atoms with Crippen molar-refractivity contribution in [1.29, 1.82) is 0 Å². The summed E-state index contributed by atoms with van der Waals surface area (Å²) in [7, 11) is 0. The molecule has 0 spiro atoms. The van der Waals surface area contributed by atoms with Crippen molar-refractivity contribution in [3.63, 3.8) is 0 Å². The van der Waals surface area contributed by atoms with Crippen molar-refractivity contribution < 1.29 is 14.0 Å². The largest absolute Gasteiger partial charge is 0.341 e. The summed E-state index contributed by atoms with van der Waals surface area (Å²) < 4.78 is 12.9. The van der Waals surface area contributed by atoms with Crippen LogP contribution in [0.15, 0.2) is 36.9 Å². The number of carbonyl (C=O) groups is 2. The summed E-state index contributed by atoms with van der Waals surface area (Å²) in [6, 6.07) is 5.45. The molecular weight excluding hydrogens is 259 g/mol. The van der Waals surface area contributed by atoms with Crippen LogP contribution in [0.25, 0.3) is 0 Å².